The van der Waals surface area contributed by atoms with Gasteiger partial charge in [0.25, 0.3) is 5.91 Å². The Hall–Kier alpha value is -2.20. The SMILES string of the molecule is Cc1cc(C(=O)NS(C)(=O)=O)c(F)cc1-c1cnc(Cl)c(C(F)(F)F)c1. The Labute approximate surface area is 151 Å². The lowest BCUT2D eigenvalue weighted by molar-refractivity contribution is -0.137. The molecule has 0 spiro atoms. The Kier molecular flexibility index (Phi) is 5.29. The predicted octanol–water partition coefficient (Wildman–Crippen LogP) is 3.56. The van der Waals surface area contributed by atoms with Crippen LogP contribution < -0.4 is 4.72 Å². The van der Waals surface area contributed by atoms with Gasteiger partial charge >= 0.3 is 6.18 Å². The third-order valence-corrected chi connectivity index (χ3v) is 4.15. The number of hydrogen-bond acceptors (Lipinski definition) is 4. The molecule has 1 amide bonds. The van der Waals surface area contributed by atoms with Crippen molar-refractivity contribution >= 4 is 27.5 Å². The molecule has 140 valence electrons. The van der Waals surface area contributed by atoms with Crippen molar-refractivity contribution in [2.45, 2.75) is 13.1 Å². The van der Waals surface area contributed by atoms with Crippen LogP contribution in [0.25, 0.3) is 11.1 Å². The molecule has 0 radical (unpaired) electrons. The predicted molar refractivity (Wildman–Crippen MR) is 86.7 cm³/mol. The van der Waals surface area contributed by atoms with Crippen molar-refractivity contribution < 1.29 is 30.8 Å². The molecule has 2 aromatic rings. The third kappa shape index (κ3) is 4.50. The smallest absolute Gasteiger partial charge is 0.268 e. The van der Waals surface area contributed by atoms with Crippen LogP contribution in [0.2, 0.25) is 5.15 Å². The van der Waals surface area contributed by atoms with Crippen LogP contribution in [0.3, 0.4) is 0 Å². The molecular formula is C15H11ClF4N2O3S. The fraction of sp³-hybridized carbons (Fsp3) is 0.200. The van der Waals surface area contributed by atoms with Crippen LogP contribution in [-0.4, -0.2) is 25.6 Å². The minimum Gasteiger partial charge on any atom is -0.268 e. The number of hydrogen-bond donors (Lipinski definition) is 1. The molecule has 1 N–H and O–H groups in total. The molecule has 26 heavy (non-hydrogen) atoms. The van der Waals surface area contributed by atoms with Gasteiger partial charge in [0, 0.05) is 11.8 Å². The standard InChI is InChI=1S/C15H11ClF4N2O3S/c1-7-3-10(14(23)22-26(2,24)25)12(17)5-9(7)8-4-11(15(18,19)20)13(16)21-6-8/h3-6H,1-2H3,(H,22,23). The van der Waals surface area contributed by atoms with Gasteiger partial charge in [-0.05, 0) is 36.2 Å². The van der Waals surface area contributed by atoms with E-state index in [1.165, 1.54) is 6.92 Å². The molecule has 1 heterocycles. The zero-order valence-corrected chi connectivity index (χ0v) is 14.9. The maximum atomic E-state index is 14.2. The van der Waals surface area contributed by atoms with Crippen LogP contribution in [0, 0.1) is 12.7 Å². The van der Waals surface area contributed by atoms with E-state index in [9.17, 15) is 30.8 Å². The molecule has 1 aromatic carbocycles. The van der Waals surface area contributed by atoms with Crippen molar-refractivity contribution in [1.29, 1.82) is 0 Å². The topological polar surface area (TPSA) is 76.1 Å². The Morgan fingerprint density at radius 3 is 2.38 bits per heavy atom. The monoisotopic (exact) mass is 410 g/mol. The van der Waals surface area contributed by atoms with Crippen LogP contribution in [0.4, 0.5) is 17.6 Å². The second kappa shape index (κ2) is 6.84. The van der Waals surface area contributed by atoms with E-state index in [1.54, 1.807) is 4.72 Å². The van der Waals surface area contributed by atoms with Gasteiger partial charge in [-0.25, -0.2) is 22.5 Å². The van der Waals surface area contributed by atoms with Crippen molar-refractivity contribution in [2.75, 3.05) is 6.26 Å². The van der Waals surface area contributed by atoms with E-state index in [0.717, 1.165) is 24.6 Å². The molecule has 2 rings (SSSR count). The van der Waals surface area contributed by atoms with Gasteiger partial charge < -0.3 is 0 Å². The summed E-state index contributed by atoms with van der Waals surface area (Å²) in [5, 5.41) is -0.747. The molecule has 11 heteroatoms. The summed E-state index contributed by atoms with van der Waals surface area (Å²) >= 11 is 5.45. The number of amides is 1. The summed E-state index contributed by atoms with van der Waals surface area (Å²) in [5.74, 6) is -2.29. The number of pyridine rings is 1. The molecule has 0 bridgehead atoms. The van der Waals surface area contributed by atoms with E-state index >= 15 is 0 Å². The highest BCUT2D eigenvalue weighted by atomic mass is 35.5. The highest BCUT2D eigenvalue weighted by Crippen LogP contribution is 2.36. The minimum atomic E-state index is -4.75. The first-order valence-electron chi connectivity index (χ1n) is 6.85. The van der Waals surface area contributed by atoms with Gasteiger partial charge in [-0.1, -0.05) is 11.6 Å². The zero-order valence-electron chi connectivity index (χ0n) is 13.3. The summed E-state index contributed by atoms with van der Waals surface area (Å²) in [6.45, 7) is 1.42. The minimum absolute atomic E-state index is 0.0491. The largest absolute Gasteiger partial charge is 0.419 e. The molecule has 0 saturated heterocycles. The summed E-state index contributed by atoms with van der Waals surface area (Å²) in [7, 11) is -3.91. The van der Waals surface area contributed by atoms with E-state index in [4.69, 9.17) is 11.6 Å². The van der Waals surface area contributed by atoms with Crippen LogP contribution in [0.5, 0.6) is 0 Å². The molecule has 0 saturated carbocycles. The van der Waals surface area contributed by atoms with Crippen molar-refractivity contribution in [3.63, 3.8) is 0 Å². The van der Waals surface area contributed by atoms with Gasteiger partial charge in [-0.3, -0.25) is 4.79 Å². The highest BCUT2D eigenvalue weighted by molar-refractivity contribution is 7.89. The number of nitrogens with zero attached hydrogens (tertiary/aromatic N) is 1. The first-order valence-corrected chi connectivity index (χ1v) is 9.12. The molecule has 0 fully saturated rings. The van der Waals surface area contributed by atoms with E-state index in [2.05, 4.69) is 4.98 Å². The molecule has 0 aliphatic rings. The maximum absolute atomic E-state index is 14.2. The zero-order chi connectivity index (χ0) is 19.9. The maximum Gasteiger partial charge on any atom is 0.419 e. The van der Waals surface area contributed by atoms with Crippen LogP contribution in [-0.2, 0) is 16.2 Å². The van der Waals surface area contributed by atoms with Crippen molar-refractivity contribution in [3.8, 4) is 11.1 Å². The van der Waals surface area contributed by atoms with Gasteiger partial charge in [0.05, 0.1) is 17.4 Å². The number of sulfonamides is 1. The van der Waals surface area contributed by atoms with Crippen molar-refractivity contribution in [1.82, 2.24) is 9.71 Å². The van der Waals surface area contributed by atoms with E-state index in [1.807, 2.05) is 0 Å². The number of rotatable bonds is 3. The van der Waals surface area contributed by atoms with E-state index in [0.29, 0.717) is 6.07 Å². The molecular weight excluding hydrogens is 400 g/mol. The Morgan fingerprint density at radius 1 is 1.23 bits per heavy atom. The number of carbonyl (C=O) groups excluding carboxylic acids is 1. The third-order valence-electron chi connectivity index (χ3n) is 3.29. The normalized spacial score (nSPS) is 12.1. The summed E-state index contributed by atoms with van der Waals surface area (Å²) in [6, 6.07) is 2.58. The Bertz CT molecular complexity index is 991. The lowest BCUT2D eigenvalue weighted by Crippen LogP contribution is -2.30. The molecule has 0 aliphatic carbocycles. The number of halogens is 5. The van der Waals surface area contributed by atoms with Gasteiger partial charge in [0.2, 0.25) is 10.0 Å². The Morgan fingerprint density at radius 2 is 1.85 bits per heavy atom. The van der Waals surface area contributed by atoms with Gasteiger partial charge in [-0.2, -0.15) is 13.2 Å². The lowest BCUT2D eigenvalue weighted by Gasteiger charge is -2.13. The number of benzene rings is 1. The van der Waals surface area contributed by atoms with E-state index < -0.39 is 44.2 Å². The van der Waals surface area contributed by atoms with Crippen molar-refractivity contribution in [3.05, 3.63) is 52.1 Å². The van der Waals surface area contributed by atoms with E-state index in [-0.39, 0.29) is 16.7 Å². The fourth-order valence-electron chi connectivity index (χ4n) is 2.18. The number of alkyl halides is 3. The summed E-state index contributed by atoms with van der Waals surface area (Å²) in [6.07, 6.45) is -2.99. The van der Waals surface area contributed by atoms with Crippen molar-refractivity contribution in [2.24, 2.45) is 0 Å². The average Bonchev–Trinajstić information content (AvgIpc) is 2.47. The van der Waals surface area contributed by atoms with Gasteiger partial charge in [0.15, 0.2) is 0 Å². The second-order valence-corrected chi connectivity index (χ2v) is 7.52. The van der Waals surface area contributed by atoms with Gasteiger partial charge in [0.1, 0.15) is 11.0 Å². The highest BCUT2D eigenvalue weighted by Gasteiger charge is 2.34. The molecule has 1 aromatic heterocycles. The average molecular weight is 411 g/mol. The number of nitrogens with one attached hydrogen (secondary N) is 1. The molecule has 0 atom stereocenters. The first-order chi connectivity index (χ1) is 11.8. The number of carbonyl (C=O) groups is 1. The summed E-state index contributed by atoms with van der Waals surface area (Å²) in [4.78, 5) is 15.3. The van der Waals surface area contributed by atoms with Gasteiger partial charge in [-0.15, -0.1) is 0 Å². The first kappa shape index (κ1) is 20.1. The quantitative estimate of drug-likeness (QED) is 0.620. The lowest BCUT2D eigenvalue weighted by atomic mass is 9.98. The molecule has 5 nitrogen and oxygen atoms in total. The van der Waals surface area contributed by atoms with Crippen LogP contribution >= 0.6 is 11.6 Å². The summed E-state index contributed by atoms with van der Waals surface area (Å²) < 4.78 is 76.8. The number of aryl methyl sites for hydroxylation is 1. The van der Waals surface area contributed by atoms with Crippen LogP contribution in [0.1, 0.15) is 21.5 Å². The number of aromatic nitrogens is 1. The molecule has 0 aliphatic heterocycles. The fourth-order valence-corrected chi connectivity index (χ4v) is 2.84. The second-order valence-electron chi connectivity index (χ2n) is 5.41. The van der Waals surface area contributed by atoms with Crippen LogP contribution in [0.15, 0.2) is 24.4 Å². The Balaban J connectivity index is 2.54. The molecule has 0 unspecified atom stereocenters. The summed E-state index contributed by atoms with van der Waals surface area (Å²) in [5.41, 5.74) is -1.52.